The van der Waals surface area contributed by atoms with E-state index in [1.165, 1.54) is 29.7 Å². The second kappa shape index (κ2) is 6.55. The van der Waals surface area contributed by atoms with Gasteiger partial charge in [-0.2, -0.15) is 0 Å². The van der Waals surface area contributed by atoms with Crippen LogP contribution in [-0.2, 0) is 6.42 Å². The van der Waals surface area contributed by atoms with Crippen LogP contribution >= 0.6 is 11.3 Å². The Balaban J connectivity index is 1.62. The van der Waals surface area contributed by atoms with Crippen molar-refractivity contribution in [3.8, 4) is 0 Å². The van der Waals surface area contributed by atoms with Gasteiger partial charge in [0.15, 0.2) is 5.65 Å². The average Bonchev–Trinajstić information content (AvgIpc) is 3.28. The van der Waals surface area contributed by atoms with Crippen LogP contribution < -0.4 is 0 Å². The average molecular weight is 384 g/mol. The Morgan fingerprint density at radius 1 is 1.30 bits per heavy atom. The quantitative estimate of drug-likeness (QED) is 0.666. The SMILES string of the molecule is CC[C@H]1CCCCN1C(=O)c1nc2c3c4c(sc3ncn2n1)CCC[C@H]4C. The number of nitrogens with zero attached hydrogens (tertiary/aromatic N) is 5. The normalized spacial score (nSPS) is 23.1. The fourth-order valence-electron chi connectivity index (χ4n) is 4.80. The molecule has 1 saturated heterocycles. The van der Waals surface area contributed by atoms with Gasteiger partial charge in [0.25, 0.3) is 5.91 Å². The van der Waals surface area contributed by atoms with Crippen LogP contribution in [0.3, 0.4) is 0 Å². The number of hydrogen-bond donors (Lipinski definition) is 0. The highest BCUT2D eigenvalue weighted by molar-refractivity contribution is 7.19. The summed E-state index contributed by atoms with van der Waals surface area (Å²) < 4.78 is 1.70. The summed E-state index contributed by atoms with van der Waals surface area (Å²) in [5.41, 5.74) is 2.18. The molecule has 0 saturated carbocycles. The van der Waals surface area contributed by atoms with E-state index < -0.39 is 0 Å². The van der Waals surface area contributed by atoms with Gasteiger partial charge in [-0.05, 0) is 56.4 Å². The van der Waals surface area contributed by atoms with E-state index >= 15 is 0 Å². The molecule has 142 valence electrons. The third kappa shape index (κ3) is 2.66. The molecule has 0 radical (unpaired) electrons. The number of hydrogen-bond acceptors (Lipinski definition) is 5. The van der Waals surface area contributed by atoms with E-state index in [2.05, 4.69) is 23.9 Å². The molecule has 0 N–H and O–H groups in total. The topological polar surface area (TPSA) is 63.4 Å². The van der Waals surface area contributed by atoms with Crippen molar-refractivity contribution in [2.75, 3.05) is 6.54 Å². The highest BCUT2D eigenvalue weighted by Crippen LogP contribution is 2.42. The van der Waals surface area contributed by atoms with Gasteiger partial charge in [0.05, 0.1) is 5.39 Å². The minimum atomic E-state index is -0.0319. The maximum Gasteiger partial charge on any atom is 0.293 e. The van der Waals surface area contributed by atoms with Crippen molar-refractivity contribution < 1.29 is 4.79 Å². The predicted octanol–water partition coefficient (Wildman–Crippen LogP) is 4.18. The van der Waals surface area contributed by atoms with E-state index in [4.69, 9.17) is 4.98 Å². The summed E-state index contributed by atoms with van der Waals surface area (Å²) in [7, 11) is 0. The van der Waals surface area contributed by atoms with E-state index in [-0.39, 0.29) is 5.91 Å². The van der Waals surface area contributed by atoms with Gasteiger partial charge in [-0.3, -0.25) is 4.79 Å². The van der Waals surface area contributed by atoms with Crippen molar-refractivity contribution in [3.63, 3.8) is 0 Å². The number of likely N-dealkylation sites (tertiary alicyclic amines) is 1. The third-order valence-corrected chi connectivity index (χ3v) is 7.40. The van der Waals surface area contributed by atoms with Gasteiger partial charge in [-0.15, -0.1) is 16.4 Å². The molecule has 1 fully saturated rings. The van der Waals surface area contributed by atoms with Crippen molar-refractivity contribution >= 4 is 33.1 Å². The Bertz CT molecular complexity index is 1020. The first-order chi connectivity index (χ1) is 13.2. The number of carbonyl (C=O) groups is 1. The first-order valence-corrected chi connectivity index (χ1v) is 11.0. The monoisotopic (exact) mass is 383 g/mol. The van der Waals surface area contributed by atoms with Crippen molar-refractivity contribution in [1.82, 2.24) is 24.5 Å². The van der Waals surface area contributed by atoms with Gasteiger partial charge in [-0.1, -0.05) is 13.8 Å². The number of aromatic nitrogens is 4. The van der Waals surface area contributed by atoms with Crippen LogP contribution in [-0.4, -0.2) is 43.0 Å². The number of fused-ring (bicyclic) bond motifs is 5. The molecule has 1 aliphatic carbocycles. The van der Waals surface area contributed by atoms with Crippen molar-refractivity contribution in [1.29, 1.82) is 0 Å². The molecule has 0 aromatic carbocycles. The molecule has 1 aliphatic heterocycles. The van der Waals surface area contributed by atoms with Crippen LogP contribution in [0.4, 0.5) is 0 Å². The second-order valence-electron chi connectivity index (χ2n) is 7.92. The molecule has 3 aromatic rings. The van der Waals surface area contributed by atoms with Crippen molar-refractivity contribution in [2.45, 2.75) is 70.8 Å². The van der Waals surface area contributed by atoms with Crippen LogP contribution in [0.25, 0.3) is 15.9 Å². The van der Waals surface area contributed by atoms with Gasteiger partial charge in [0.1, 0.15) is 11.2 Å². The highest BCUT2D eigenvalue weighted by Gasteiger charge is 2.30. The number of aryl methyl sites for hydroxylation is 1. The number of rotatable bonds is 2. The zero-order chi connectivity index (χ0) is 18.5. The number of amides is 1. The van der Waals surface area contributed by atoms with E-state index in [9.17, 15) is 4.79 Å². The Labute approximate surface area is 162 Å². The largest absolute Gasteiger partial charge is 0.333 e. The molecule has 27 heavy (non-hydrogen) atoms. The molecule has 1 amide bonds. The molecular formula is C20H25N5OS. The zero-order valence-electron chi connectivity index (χ0n) is 15.9. The molecule has 0 bridgehead atoms. The fourth-order valence-corrected chi connectivity index (χ4v) is 6.09. The summed E-state index contributed by atoms with van der Waals surface area (Å²) in [6.45, 7) is 5.25. The van der Waals surface area contributed by atoms with Crippen molar-refractivity contribution in [3.05, 3.63) is 22.6 Å². The highest BCUT2D eigenvalue weighted by atomic mass is 32.1. The zero-order valence-corrected chi connectivity index (χ0v) is 16.8. The molecule has 0 unspecified atom stereocenters. The summed E-state index contributed by atoms with van der Waals surface area (Å²) >= 11 is 1.78. The lowest BCUT2D eigenvalue weighted by atomic mass is 9.87. The maximum absolute atomic E-state index is 13.1. The van der Waals surface area contributed by atoms with E-state index in [1.54, 1.807) is 22.2 Å². The van der Waals surface area contributed by atoms with Gasteiger partial charge in [0, 0.05) is 17.5 Å². The summed E-state index contributed by atoms with van der Waals surface area (Å²) in [4.78, 5) is 26.9. The van der Waals surface area contributed by atoms with Gasteiger partial charge >= 0.3 is 0 Å². The summed E-state index contributed by atoms with van der Waals surface area (Å²) in [5.74, 6) is 0.793. The van der Waals surface area contributed by atoms with Gasteiger partial charge in [0.2, 0.25) is 5.82 Å². The number of carbonyl (C=O) groups excluding carboxylic acids is 1. The van der Waals surface area contributed by atoms with E-state index in [1.807, 2.05) is 4.90 Å². The van der Waals surface area contributed by atoms with Crippen LogP contribution in [0.15, 0.2) is 6.33 Å². The smallest absolute Gasteiger partial charge is 0.293 e. The molecule has 2 aliphatic rings. The summed E-state index contributed by atoms with van der Waals surface area (Å²) in [6.07, 6.45) is 9.60. The maximum atomic E-state index is 13.1. The number of thiophene rings is 1. The van der Waals surface area contributed by atoms with Crippen LogP contribution in [0, 0.1) is 0 Å². The van der Waals surface area contributed by atoms with E-state index in [0.717, 1.165) is 48.1 Å². The van der Waals surface area contributed by atoms with E-state index in [0.29, 0.717) is 17.8 Å². The first kappa shape index (κ1) is 17.1. The minimum absolute atomic E-state index is 0.0319. The van der Waals surface area contributed by atoms with Crippen LogP contribution in [0.2, 0.25) is 0 Å². The summed E-state index contributed by atoms with van der Waals surface area (Å²) in [6, 6.07) is 0.310. The fraction of sp³-hybridized carbons (Fsp3) is 0.600. The predicted molar refractivity (Wildman–Crippen MR) is 106 cm³/mol. The standard InChI is InChI=1S/C20H25N5OS/c1-3-13-8-4-5-10-24(13)20(26)17-22-18-16-15-12(2)7-6-9-14(15)27-19(16)21-11-25(18)23-17/h11-13H,3-10H2,1-2H3/t12-,13+/m1/s1. The molecule has 7 heteroatoms. The lowest BCUT2D eigenvalue weighted by Crippen LogP contribution is -2.43. The van der Waals surface area contributed by atoms with Gasteiger partial charge < -0.3 is 4.90 Å². The Hall–Kier alpha value is -2.02. The Morgan fingerprint density at radius 2 is 2.19 bits per heavy atom. The summed E-state index contributed by atoms with van der Waals surface area (Å²) in [5, 5.41) is 5.63. The van der Waals surface area contributed by atoms with Crippen LogP contribution in [0.1, 0.15) is 79.3 Å². The first-order valence-electron chi connectivity index (χ1n) is 10.1. The third-order valence-electron chi connectivity index (χ3n) is 6.23. The molecule has 0 spiro atoms. The molecule has 6 nitrogen and oxygen atoms in total. The van der Waals surface area contributed by atoms with Crippen LogP contribution in [0.5, 0.6) is 0 Å². The minimum Gasteiger partial charge on any atom is -0.333 e. The Kier molecular flexibility index (Phi) is 4.15. The Morgan fingerprint density at radius 3 is 3.04 bits per heavy atom. The number of piperidine rings is 1. The molecular weight excluding hydrogens is 358 g/mol. The van der Waals surface area contributed by atoms with Gasteiger partial charge in [-0.25, -0.2) is 14.5 Å². The lowest BCUT2D eigenvalue weighted by molar-refractivity contribution is 0.0595. The molecule has 3 aromatic heterocycles. The second-order valence-corrected chi connectivity index (χ2v) is 9.00. The molecule has 4 heterocycles. The lowest BCUT2D eigenvalue weighted by Gasteiger charge is -2.34. The molecule has 2 atom stereocenters. The molecule has 5 rings (SSSR count). The van der Waals surface area contributed by atoms with Crippen molar-refractivity contribution in [2.24, 2.45) is 0 Å².